The van der Waals surface area contributed by atoms with E-state index in [2.05, 4.69) is 35.7 Å². The maximum atomic E-state index is 5.66. The number of hydrogen-bond acceptors (Lipinski definition) is 3. The fourth-order valence-electron chi connectivity index (χ4n) is 2.46. The van der Waals surface area contributed by atoms with Crippen LogP contribution in [0.4, 0.5) is 0 Å². The van der Waals surface area contributed by atoms with E-state index >= 15 is 0 Å². The van der Waals surface area contributed by atoms with Crippen LogP contribution in [0.15, 0.2) is 17.8 Å². The Morgan fingerprint density at radius 2 is 1.95 bits per heavy atom. The molecule has 0 aliphatic rings. The summed E-state index contributed by atoms with van der Waals surface area (Å²) in [6.45, 7) is 4.51. The van der Waals surface area contributed by atoms with Gasteiger partial charge < -0.3 is 4.57 Å². The smallest absolute Gasteiger partial charge is 0.125 e. The van der Waals surface area contributed by atoms with E-state index in [-0.39, 0.29) is 0 Å². The zero-order valence-electron chi connectivity index (χ0n) is 11.8. The Kier molecular flexibility index (Phi) is 5.52. The molecule has 104 valence electrons. The standard InChI is InChI=1S/C15H22N2S2/c1-3-5-7-12(8-6-4-2)17-10-9-13-14(15(17)18)19-11-16-13/h9-12H,3-8H2,1-2H3. The fraction of sp³-hybridized carbons (Fsp3) is 0.600. The second-order valence-corrected chi connectivity index (χ2v) is 6.27. The van der Waals surface area contributed by atoms with E-state index in [1.807, 2.05) is 5.51 Å². The van der Waals surface area contributed by atoms with Gasteiger partial charge in [0.15, 0.2) is 0 Å². The monoisotopic (exact) mass is 294 g/mol. The molecule has 2 aromatic heterocycles. The van der Waals surface area contributed by atoms with E-state index in [1.165, 1.54) is 38.5 Å². The first kappa shape index (κ1) is 14.7. The van der Waals surface area contributed by atoms with Crippen LogP contribution in [-0.4, -0.2) is 9.55 Å². The lowest BCUT2D eigenvalue weighted by Gasteiger charge is -2.20. The van der Waals surface area contributed by atoms with Gasteiger partial charge in [0.25, 0.3) is 0 Å². The minimum absolute atomic E-state index is 0.555. The van der Waals surface area contributed by atoms with Crippen molar-refractivity contribution in [2.75, 3.05) is 0 Å². The summed E-state index contributed by atoms with van der Waals surface area (Å²) in [6.07, 6.45) is 9.65. The number of fused-ring (bicyclic) bond motifs is 1. The third-order valence-corrected chi connectivity index (χ3v) is 4.99. The van der Waals surface area contributed by atoms with Gasteiger partial charge in [0.05, 0.1) is 15.7 Å². The average Bonchev–Trinajstić information content (AvgIpc) is 2.89. The largest absolute Gasteiger partial charge is 0.335 e. The third-order valence-electron chi connectivity index (χ3n) is 3.59. The first-order valence-corrected chi connectivity index (χ1v) is 8.51. The molecule has 2 rings (SSSR count). The summed E-state index contributed by atoms with van der Waals surface area (Å²) in [7, 11) is 0. The molecule has 2 heterocycles. The summed E-state index contributed by atoms with van der Waals surface area (Å²) in [6, 6.07) is 2.66. The van der Waals surface area contributed by atoms with Gasteiger partial charge in [-0.25, -0.2) is 4.98 Å². The van der Waals surface area contributed by atoms with E-state index in [4.69, 9.17) is 12.2 Å². The van der Waals surface area contributed by atoms with Crippen LogP contribution in [0.1, 0.15) is 58.4 Å². The second kappa shape index (κ2) is 7.15. The lowest BCUT2D eigenvalue weighted by atomic mass is 10.0. The predicted octanol–water partition coefficient (Wildman–Crippen LogP) is 5.75. The highest BCUT2D eigenvalue weighted by molar-refractivity contribution is 7.71. The normalized spacial score (nSPS) is 11.5. The molecule has 0 amide bonds. The molecule has 0 atom stereocenters. The van der Waals surface area contributed by atoms with Crippen LogP contribution in [0, 0.1) is 4.64 Å². The van der Waals surface area contributed by atoms with Crippen LogP contribution in [0.2, 0.25) is 0 Å². The van der Waals surface area contributed by atoms with Crippen molar-refractivity contribution in [1.82, 2.24) is 9.55 Å². The Bertz CT molecular complexity index is 563. The molecule has 0 fully saturated rings. The van der Waals surface area contributed by atoms with Crippen molar-refractivity contribution >= 4 is 33.8 Å². The summed E-state index contributed by atoms with van der Waals surface area (Å²) in [5.74, 6) is 0. The minimum Gasteiger partial charge on any atom is -0.335 e. The van der Waals surface area contributed by atoms with Gasteiger partial charge >= 0.3 is 0 Å². The molecule has 0 unspecified atom stereocenters. The van der Waals surface area contributed by atoms with E-state index in [0.29, 0.717) is 6.04 Å². The molecule has 2 nitrogen and oxygen atoms in total. The molecular formula is C15H22N2S2. The predicted molar refractivity (Wildman–Crippen MR) is 86.5 cm³/mol. The van der Waals surface area contributed by atoms with E-state index in [1.54, 1.807) is 11.3 Å². The maximum absolute atomic E-state index is 5.66. The lowest BCUT2D eigenvalue weighted by molar-refractivity contribution is 0.405. The molecular weight excluding hydrogens is 272 g/mol. The first-order chi connectivity index (χ1) is 9.27. The zero-order chi connectivity index (χ0) is 13.7. The molecule has 0 aliphatic heterocycles. The number of aromatic nitrogens is 2. The Labute approximate surface area is 124 Å². The highest BCUT2D eigenvalue weighted by Gasteiger charge is 2.12. The highest BCUT2D eigenvalue weighted by atomic mass is 32.1. The third kappa shape index (κ3) is 3.42. The molecule has 0 aromatic carbocycles. The molecule has 0 saturated heterocycles. The van der Waals surface area contributed by atoms with E-state index < -0.39 is 0 Å². The van der Waals surface area contributed by atoms with Gasteiger partial charge in [0, 0.05) is 12.2 Å². The number of rotatable bonds is 7. The van der Waals surface area contributed by atoms with Gasteiger partial charge in [0.2, 0.25) is 0 Å². The minimum atomic E-state index is 0.555. The van der Waals surface area contributed by atoms with Crippen LogP contribution in [0.3, 0.4) is 0 Å². The summed E-state index contributed by atoms with van der Waals surface area (Å²) >= 11 is 7.31. The topological polar surface area (TPSA) is 17.8 Å². The van der Waals surface area contributed by atoms with Gasteiger partial charge in [-0.15, -0.1) is 11.3 Å². The number of nitrogens with zero attached hydrogens (tertiary/aromatic N) is 2. The molecule has 0 aliphatic carbocycles. The highest BCUT2D eigenvalue weighted by Crippen LogP contribution is 2.26. The van der Waals surface area contributed by atoms with Crippen molar-refractivity contribution in [3.05, 3.63) is 22.4 Å². The number of pyridine rings is 1. The summed E-state index contributed by atoms with van der Waals surface area (Å²) in [5.41, 5.74) is 2.92. The number of hydrogen-bond donors (Lipinski definition) is 0. The zero-order valence-corrected chi connectivity index (χ0v) is 13.4. The second-order valence-electron chi connectivity index (χ2n) is 5.03. The van der Waals surface area contributed by atoms with Crippen molar-refractivity contribution in [2.45, 2.75) is 58.4 Å². The number of thiazole rings is 1. The van der Waals surface area contributed by atoms with Crippen LogP contribution in [0.25, 0.3) is 10.2 Å². The molecule has 0 spiro atoms. The Morgan fingerprint density at radius 3 is 2.58 bits per heavy atom. The van der Waals surface area contributed by atoms with Gasteiger partial charge in [-0.1, -0.05) is 51.7 Å². The van der Waals surface area contributed by atoms with E-state index in [0.717, 1.165) is 14.9 Å². The first-order valence-electron chi connectivity index (χ1n) is 7.22. The van der Waals surface area contributed by atoms with Gasteiger partial charge in [0.1, 0.15) is 4.64 Å². The molecule has 4 heteroatoms. The molecule has 0 saturated carbocycles. The van der Waals surface area contributed by atoms with Crippen molar-refractivity contribution in [3.63, 3.8) is 0 Å². The van der Waals surface area contributed by atoms with Crippen LogP contribution < -0.4 is 0 Å². The van der Waals surface area contributed by atoms with Crippen molar-refractivity contribution in [3.8, 4) is 0 Å². The lowest BCUT2D eigenvalue weighted by Crippen LogP contribution is -2.10. The van der Waals surface area contributed by atoms with E-state index in [9.17, 15) is 0 Å². The van der Waals surface area contributed by atoms with Crippen molar-refractivity contribution < 1.29 is 0 Å². The average molecular weight is 294 g/mol. The molecule has 0 radical (unpaired) electrons. The molecule has 0 N–H and O–H groups in total. The summed E-state index contributed by atoms with van der Waals surface area (Å²) in [4.78, 5) is 4.34. The molecule has 0 bridgehead atoms. The van der Waals surface area contributed by atoms with Crippen LogP contribution in [-0.2, 0) is 0 Å². The number of unbranched alkanes of at least 4 members (excludes halogenated alkanes) is 2. The fourth-order valence-corrected chi connectivity index (χ4v) is 3.64. The summed E-state index contributed by atoms with van der Waals surface area (Å²) < 4.78 is 4.44. The molecule has 2 aromatic rings. The molecule has 19 heavy (non-hydrogen) atoms. The van der Waals surface area contributed by atoms with Gasteiger partial charge in [-0.05, 0) is 18.9 Å². The summed E-state index contributed by atoms with van der Waals surface area (Å²) in [5, 5.41) is 0. The van der Waals surface area contributed by atoms with Gasteiger partial charge in [-0.3, -0.25) is 0 Å². The van der Waals surface area contributed by atoms with Crippen LogP contribution in [0.5, 0.6) is 0 Å². The van der Waals surface area contributed by atoms with Crippen molar-refractivity contribution in [1.29, 1.82) is 0 Å². The quantitative estimate of drug-likeness (QED) is 0.605. The maximum Gasteiger partial charge on any atom is 0.125 e. The Balaban J connectivity index is 2.31. The Morgan fingerprint density at radius 1 is 1.26 bits per heavy atom. The van der Waals surface area contributed by atoms with Crippen LogP contribution >= 0.6 is 23.6 Å². The SMILES string of the molecule is CCCCC(CCCC)n1ccc2ncsc2c1=S. The van der Waals surface area contributed by atoms with Gasteiger partial charge in [-0.2, -0.15) is 0 Å². The van der Waals surface area contributed by atoms with Crippen molar-refractivity contribution in [2.24, 2.45) is 0 Å². The Hall–Kier alpha value is -0.740.